The van der Waals surface area contributed by atoms with Gasteiger partial charge in [0.05, 0.1) is 5.69 Å². The molecule has 2 aromatic rings. The van der Waals surface area contributed by atoms with Gasteiger partial charge in [0.15, 0.2) is 0 Å². The minimum atomic E-state index is -0.187. The largest absolute Gasteiger partial charge is 0.300 e. The van der Waals surface area contributed by atoms with Crippen LogP contribution in [0.25, 0.3) is 0 Å². The predicted molar refractivity (Wildman–Crippen MR) is 157 cm³/mol. The van der Waals surface area contributed by atoms with E-state index in [1.807, 2.05) is 39.0 Å². The molecule has 0 fully saturated rings. The maximum Gasteiger partial charge on any atom is 0.133 e. The number of Topliss-reactive ketones (excluding diaryl/α,β-unsaturated/α-hetero) is 1. The van der Waals surface area contributed by atoms with E-state index in [2.05, 4.69) is 67.9 Å². The van der Waals surface area contributed by atoms with Crippen LogP contribution in [0.4, 0.5) is 10.1 Å². The topological polar surface area (TPSA) is 29.4 Å². The van der Waals surface area contributed by atoms with Crippen molar-refractivity contribution in [3.63, 3.8) is 0 Å². The van der Waals surface area contributed by atoms with Crippen molar-refractivity contribution in [1.82, 2.24) is 0 Å². The summed E-state index contributed by atoms with van der Waals surface area (Å²) in [6.07, 6.45) is 5.70. The third-order valence-corrected chi connectivity index (χ3v) is 5.78. The highest BCUT2D eigenvalue weighted by molar-refractivity contribution is 7.27. The third kappa shape index (κ3) is 16.4. The van der Waals surface area contributed by atoms with E-state index in [9.17, 15) is 9.18 Å². The second kappa shape index (κ2) is 17.6. The van der Waals surface area contributed by atoms with Crippen molar-refractivity contribution in [1.29, 1.82) is 0 Å². The molecule has 0 aromatic heterocycles. The Balaban J connectivity index is 0.000000558. The summed E-state index contributed by atoms with van der Waals surface area (Å²) < 4.78 is 13.2. The number of ketones is 1. The predicted octanol–water partition coefficient (Wildman–Crippen LogP) is 9.52. The molecule has 35 heavy (non-hydrogen) atoms. The van der Waals surface area contributed by atoms with Gasteiger partial charge in [-0.25, -0.2) is 4.39 Å². The van der Waals surface area contributed by atoms with Crippen molar-refractivity contribution in [3.05, 3.63) is 59.4 Å². The molecule has 2 aromatic carbocycles. The van der Waals surface area contributed by atoms with Crippen molar-refractivity contribution in [2.45, 2.75) is 107 Å². The molecule has 0 radical (unpaired) electrons. The molecule has 0 heterocycles. The fraction of sp³-hybridized carbons (Fsp3) is 0.548. The first-order chi connectivity index (χ1) is 16.3. The standard InChI is InChI=1S/C13H19FNP.C13H18O.C5H12/c1-4-5-6-9(2)15-12-8-7-11(14)13(16)10(12)3;1-3-7-13(14)10-11(2)12-8-5-4-6-9-12;1-5(2,3)4/h7-8H,4-6,16H2,1-3H3;4-6,8-9,11H,3,7,10H2,1-2H3;1-4H3. The molecule has 0 saturated carbocycles. The molecule has 2 rings (SSSR count). The van der Waals surface area contributed by atoms with Crippen LogP contribution in [-0.4, -0.2) is 11.5 Å². The number of aliphatic imine (C=N–C) groups is 1. The molecule has 0 N–H and O–H groups in total. The molecule has 0 bridgehead atoms. The summed E-state index contributed by atoms with van der Waals surface area (Å²) in [5.41, 5.74) is 4.65. The lowest BCUT2D eigenvalue weighted by Crippen LogP contribution is -2.03. The number of rotatable bonds is 9. The Morgan fingerprint density at radius 1 is 1.00 bits per heavy atom. The molecule has 4 heteroatoms. The summed E-state index contributed by atoms with van der Waals surface area (Å²) in [4.78, 5) is 16.0. The number of hydrogen-bond acceptors (Lipinski definition) is 2. The molecule has 0 spiro atoms. The minimum absolute atomic E-state index is 0.187. The lowest BCUT2D eigenvalue weighted by Gasteiger charge is -2.10. The smallest absolute Gasteiger partial charge is 0.133 e. The number of benzene rings is 2. The average Bonchev–Trinajstić information content (AvgIpc) is 2.78. The molecule has 196 valence electrons. The van der Waals surface area contributed by atoms with E-state index >= 15 is 0 Å². The highest BCUT2D eigenvalue weighted by atomic mass is 31.0. The number of hydrogen-bond donors (Lipinski definition) is 0. The number of nitrogens with zero attached hydrogens (tertiary/aromatic N) is 1. The van der Waals surface area contributed by atoms with Gasteiger partial charge >= 0.3 is 0 Å². The van der Waals surface area contributed by atoms with Gasteiger partial charge in [0.25, 0.3) is 0 Å². The van der Waals surface area contributed by atoms with Crippen LogP contribution in [0, 0.1) is 18.2 Å². The maximum atomic E-state index is 13.2. The Bertz CT molecular complexity index is 894. The molecular formula is C31H49FNOP. The molecule has 2 unspecified atom stereocenters. The van der Waals surface area contributed by atoms with Crippen LogP contribution in [0.2, 0.25) is 0 Å². The quantitative estimate of drug-likeness (QED) is 0.248. The summed E-state index contributed by atoms with van der Waals surface area (Å²) in [5.74, 6) is 0.548. The van der Waals surface area contributed by atoms with E-state index < -0.39 is 0 Å². The van der Waals surface area contributed by atoms with Crippen molar-refractivity contribution >= 4 is 31.7 Å². The van der Waals surface area contributed by atoms with Gasteiger partial charge in [-0.3, -0.25) is 9.79 Å². The van der Waals surface area contributed by atoms with E-state index in [1.165, 1.54) is 18.1 Å². The van der Waals surface area contributed by atoms with Gasteiger partial charge in [0.2, 0.25) is 0 Å². The van der Waals surface area contributed by atoms with Gasteiger partial charge in [0.1, 0.15) is 11.6 Å². The molecule has 0 saturated heterocycles. The highest BCUT2D eigenvalue weighted by Gasteiger charge is 2.09. The third-order valence-electron chi connectivity index (χ3n) is 5.07. The van der Waals surface area contributed by atoms with Crippen molar-refractivity contribution in [2.24, 2.45) is 10.4 Å². The van der Waals surface area contributed by atoms with Gasteiger partial charge < -0.3 is 0 Å². The van der Waals surface area contributed by atoms with Gasteiger partial charge in [-0.05, 0) is 67.7 Å². The average molecular weight is 502 g/mol. The normalized spacial score (nSPS) is 12.1. The fourth-order valence-electron chi connectivity index (χ4n) is 3.12. The van der Waals surface area contributed by atoms with Crippen molar-refractivity contribution < 1.29 is 9.18 Å². The number of unbranched alkanes of at least 4 members (excludes halogenated alkanes) is 1. The van der Waals surface area contributed by atoms with Crippen LogP contribution < -0.4 is 5.30 Å². The van der Waals surface area contributed by atoms with Gasteiger partial charge in [-0.2, -0.15) is 0 Å². The van der Waals surface area contributed by atoms with Crippen LogP contribution >= 0.6 is 9.24 Å². The molecule has 0 aliphatic heterocycles. The van der Waals surface area contributed by atoms with Crippen LogP contribution in [0.1, 0.15) is 111 Å². The first-order valence-electron chi connectivity index (χ1n) is 12.9. The Hall–Kier alpha value is -1.86. The van der Waals surface area contributed by atoms with Gasteiger partial charge in [0, 0.05) is 23.9 Å². The molecule has 0 aliphatic carbocycles. The van der Waals surface area contributed by atoms with Crippen LogP contribution in [0.5, 0.6) is 0 Å². The van der Waals surface area contributed by atoms with Gasteiger partial charge in [-0.1, -0.05) is 85.2 Å². The zero-order chi connectivity index (χ0) is 27.0. The first kappa shape index (κ1) is 33.1. The molecule has 0 amide bonds. The second-order valence-electron chi connectivity index (χ2n) is 10.9. The van der Waals surface area contributed by atoms with E-state index in [0.717, 1.165) is 42.6 Å². The monoisotopic (exact) mass is 501 g/mol. The lowest BCUT2D eigenvalue weighted by atomic mass is 9.94. The van der Waals surface area contributed by atoms with Crippen molar-refractivity contribution in [3.8, 4) is 0 Å². The molecule has 2 atom stereocenters. The number of carbonyl (C=O) groups excluding carboxylic acids is 1. The summed E-state index contributed by atoms with van der Waals surface area (Å²) in [5, 5.41) is 0.615. The SMILES string of the molecule is CC(C)(C)C.CCCC(=O)CC(C)c1ccccc1.CCCCC(C)=Nc1ccc(F)c(P)c1C. The Morgan fingerprint density at radius 3 is 2.09 bits per heavy atom. The summed E-state index contributed by atoms with van der Waals surface area (Å²) >= 11 is 0. The molecular weight excluding hydrogens is 452 g/mol. The van der Waals surface area contributed by atoms with Crippen LogP contribution in [0.3, 0.4) is 0 Å². The highest BCUT2D eigenvalue weighted by Crippen LogP contribution is 2.21. The zero-order valence-electron chi connectivity index (χ0n) is 23.7. The summed E-state index contributed by atoms with van der Waals surface area (Å²) in [6, 6.07) is 13.4. The van der Waals surface area contributed by atoms with Crippen molar-refractivity contribution in [2.75, 3.05) is 0 Å². The van der Waals surface area contributed by atoms with Gasteiger partial charge in [-0.15, -0.1) is 9.24 Å². The second-order valence-corrected chi connectivity index (χ2v) is 11.4. The van der Waals surface area contributed by atoms with E-state index in [4.69, 9.17) is 0 Å². The maximum absolute atomic E-state index is 13.2. The number of carbonyl (C=O) groups is 1. The first-order valence-corrected chi connectivity index (χ1v) is 13.5. The lowest BCUT2D eigenvalue weighted by molar-refractivity contribution is -0.119. The van der Waals surface area contributed by atoms with E-state index in [0.29, 0.717) is 28.8 Å². The molecule has 0 aliphatic rings. The van der Waals surface area contributed by atoms with Crippen LogP contribution in [0.15, 0.2) is 47.5 Å². The zero-order valence-corrected chi connectivity index (χ0v) is 24.8. The van der Waals surface area contributed by atoms with E-state index in [-0.39, 0.29) is 5.82 Å². The summed E-state index contributed by atoms with van der Waals surface area (Å²) in [7, 11) is 2.43. The molecule has 2 nitrogen and oxygen atoms in total. The Morgan fingerprint density at radius 2 is 1.57 bits per heavy atom. The fourth-order valence-corrected chi connectivity index (χ4v) is 3.37. The summed E-state index contributed by atoms with van der Waals surface area (Å²) in [6.45, 7) is 19.0. The number of halogens is 1. The Kier molecular flexibility index (Phi) is 16.6. The van der Waals surface area contributed by atoms with E-state index in [1.54, 1.807) is 6.07 Å². The Labute approximate surface area is 217 Å². The minimum Gasteiger partial charge on any atom is -0.300 e. The van der Waals surface area contributed by atoms with Crippen LogP contribution in [-0.2, 0) is 4.79 Å².